The first-order chi connectivity index (χ1) is 18.1. The molecular weight excluding hydrogens is 468 g/mol. The molecule has 0 saturated heterocycles. The molecule has 0 aliphatic heterocycles. The molecule has 0 aromatic heterocycles. The third kappa shape index (κ3) is 8.72. The van der Waals surface area contributed by atoms with Crippen molar-refractivity contribution in [3.8, 4) is 0 Å². The van der Waals surface area contributed by atoms with E-state index in [-0.39, 0.29) is 19.6 Å². The van der Waals surface area contributed by atoms with Crippen LogP contribution >= 0.6 is 0 Å². The van der Waals surface area contributed by atoms with Gasteiger partial charge in [0.05, 0.1) is 24.3 Å². The standard InChI is InChI=1S/C29H24O4.C2H6O2/c30-28(24-17-9-3-10-18-24)32-26(22-13-5-1-6-14-22)21-27(23-15-7-2-8-16-23)33-29(31)25-19-11-4-12-20-25;3-1-2-4/h1-20,26-27H,21H2;3-4H,1-2H2. The summed E-state index contributed by atoms with van der Waals surface area (Å²) in [7, 11) is 0. The van der Waals surface area contributed by atoms with Crippen LogP contribution in [0.15, 0.2) is 121 Å². The maximum Gasteiger partial charge on any atom is 0.338 e. The van der Waals surface area contributed by atoms with E-state index >= 15 is 0 Å². The van der Waals surface area contributed by atoms with Crippen LogP contribution in [0.3, 0.4) is 0 Å². The number of hydrogen-bond acceptors (Lipinski definition) is 6. The molecule has 0 radical (unpaired) electrons. The second-order valence-corrected chi connectivity index (χ2v) is 8.02. The van der Waals surface area contributed by atoms with Crippen molar-refractivity contribution in [1.82, 2.24) is 0 Å². The lowest BCUT2D eigenvalue weighted by Crippen LogP contribution is -2.18. The van der Waals surface area contributed by atoms with Crippen LogP contribution < -0.4 is 0 Å². The first-order valence-corrected chi connectivity index (χ1v) is 12.0. The predicted octanol–water partition coefficient (Wildman–Crippen LogP) is 5.54. The average Bonchev–Trinajstić information content (AvgIpc) is 2.98. The Morgan fingerprint density at radius 2 is 0.811 bits per heavy atom. The Kier molecular flexibility index (Phi) is 11.1. The lowest BCUT2D eigenvalue weighted by atomic mass is 9.98. The second-order valence-electron chi connectivity index (χ2n) is 8.02. The van der Waals surface area contributed by atoms with Gasteiger partial charge in [-0.1, -0.05) is 97.1 Å². The quantitative estimate of drug-likeness (QED) is 0.294. The van der Waals surface area contributed by atoms with Crippen molar-refractivity contribution in [3.63, 3.8) is 0 Å². The predicted molar refractivity (Wildman–Crippen MR) is 141 cm³/mol. The molecule has 2 N–H and O–H groups in total. The monoisotopic (exact) mass is 498 g/mol. The molecule has 0 heterocycles. The number of esters is 2. The Hall–Kier alpha value is -4.26. The van der Waals surface area contributed by atoms with E-state index in [1.807, 2.05) is 72.8 Å². The number of aliphatic hydroxyl groups excluding tert-OH is 2. The van der Waals surface area contributed by atoms with Crippen molar-refractivity contribution < 1.29 is 29.3 Å². The highest BCUT2D eigenvalue weighted by Gasteiger charge is 2.26. The lowest BCUT2D eigenvalue weighted by Gasteiger charge is -2.25. The Balaban J connectivity index is 0.000000886. The van der Waals surface area contributed by atoms with E-state index in [0.717, 1.165) is 11.1 Å². The van der Waals surface area contributed by atoms with Crippen molar-refractivity contribution >= 4 is 11.9 Å². The minimum absolute atomic E-state index is 0.125. The summed E-state index contributed by atoms with van der Waals surface area (Å²) in [4.78, 5) is 25.7. The SMILES string of the molecule is O=C(OC(CC(OC(=O)c1ccccc1)c1ccccc1)c1ccccc1)c1ccccc1.OCCO. The summed E-state index contributed by atoms with van der Waals surface area (Å²) in [6.07, 6.45) is -0.925. The molecule has 0 saturated carbocycles. The van der Waals surface area contributed by atoms with E-state index in [1.54, 1.807) is 48.5 Å². The molecule has 6 heteroatoms. The molecule has 0 amide bonds. The Bertz CT molecular complexity index is 1100. The number of carbonyl (C=O) groups excluding carboxylic acids is 2. The fourth-order valence-corrected chi connectivity index (χ4v) is 3.58. The van der Waals surface area contributed by atoms with Gasteiger partial charge in [-0.15, -0.1) is 0 Å². The summed E-state index contributed by atoms with van der Waals surface area (Å²) >= 11 is 0. The molecule has 4 aromatic carbocycles. The van der Waals surface area contributed by atoms with E-state index in [9.17, 15) is 9.59 Å². The third-order valence-electron chi connectivity index (χ3n) is 5.39. The van der Waals surface area contributed by atoms with Gasteiger partial charge in [0.25, 0.3) is 0 Å². The summed E-state index contributed by atoms with van der Waals surface area (Å²) in [6.45, 7) is -0.250. The Labute approximate surface area is 216 Å². The summed E-state index contributed by atoms with van der Waals surface area (Å²) in [5.74, 6) is -0.851. The van der Waals surface area contributed by atoms with E-state index < -0.39 is 24.1 Å². The fraction of sp³-hybridized carbons (Fsp3) is 0.161. The maximum atomic E-state index is 12.9. The summed E-state index contributed by atoms with van der Waals surface area (Å²) < 4.78 is 11.9. The summed E-state index contributed by atoms with van der Waals surface area (Å²) in [5, 5.41) is 15.2. The van der Waals surface area contributed by atoms with Gasteiger partial charge < -0.3 is 19.7 Å². The van der Waals surface area contributed by atoms with Crippen molar-refractivity contribution in [2.45, 2.75) is 18.6 Å². The number of ether oxygens (including phenoxy) is 2. The van der Waals surface area contributed by atoms with Crippen LogP contribution in [0, 0.1) is 0 Å². The normalized spacial score (nSPS) is 11.8. The highest BCUT2D eigenvalue weighted by atomic mass is 16.6. The third-order valence-corrected chi connectivity index (χ3v) is 5.39. The van der Waals surface area contributed by atoms with Gasteiger partial charge in [-0.3, -0.25) is 0 Å². The average molecular weight is 499 g/mol. The zero-order valence-corrected chi connectivity index (χ0v) is 20.4. The Morgan fingerprint density at radius 1 is 0.514 bits per heavy atom. The summed E-state index contributed by atoms with van der Waals surface area (Å²) in [5.41, 5.74) is 2.60. The van der Waals surface area contributed by atoms with E-state index in [4.69, 9.17) is 19.7 Å². The van der Waals surface area contributed by atoms with Gasteiger partial charge in [0.2, 0.25) is 0 Å². The first kappa shape index (κ1) is 27.3. The van der Waals surface area contributed by atoms with E-state index in [1.165, 1.54) is 0 Å². The topological polar surface area (TPSA) is 93.1 Å². The van der Waals surface area contributed by atoms with Crippen molar-refractivity contribution in [3.05, 3.63) is 144 Å². The number of rotatable bonds is 9. The van der Waals surface area contributed by atoms with Gasteiger partial charge in [-0.25, -0.2) is 9.59 Å². The molecule has 2 unspecified atom stereocenters. The molecule has 4 rings (SSSR count). The zero-order chi connectivity index (χ0) is 26.3. The fourth-order valence-electron chi connectivity index (χ4n) is 3.58. The highest BCUT2D eigenvalue weighted by Crippen LogP contribution is 2.33. The molecular formula is C31H30O6. The number of benzene rings is 4. The van der Waals surface area contributed by atoms with Crippen LogP contribution in [0.5, 0.6) is 0 Å². The van der Waals surface area contributed by atoms with Crippen molar-refractivity contribution in [1.29, 1.82) is 0 Å². The van der Waals surface area contributed by atoms with E-state index in [2.05, 4.69) is 0 Å². The Morgan fingerprint density at radius 3 is 1.11 bits per heavy atom. The van der Waals surface area contributed by atoms with Gasteiger partial charge >= 0.3 is 11.9 Å². The van der Waals surface area contributed by atoms with Crippen LogP contribution in [-0.2, 0) is 9.47 Å². The van der Waals surface area contributed by atoms with Gasteiger partial charge in [-0.2, -0.15) is 0 Å². The van der Waals surface area contributed by atoms with Crippen molar-refractivity contribution in [2.24, 2.45) is 0 Å². The van der Waals surface area contributed by atoms with Gasteiger partial charge in [0.15, 0.2) is 0 Å². The zero-order valence-electron chi connectivity index (χ0n) is 20.4. The number of carbonyl (C=O) groups is 2. The molecule has 0 fully saturated rings. The van der Waals surface area contributed by atoms with Crippen LogP contribution in [0.25, 0.3) is 0 Å². The molecule has 2 atom stereocenters. The largest absolute Gasteiger partial charge is 0.454 e. The molecule has 0 spiro atoms. The first-order valence-electron chi connectivity index (χ1n) is 12.0. The van der Waals surface area contributed by atoms with Crippen LogP contribution in [0.1, 0.15) is 50.5 Å². The van der Waals surface area contributed by atoms with Crippen LogP contribution in [-0.4, -0.2) is 35.4 Å². The molecule has 190 valence electrons. The molecule has 37 heavy (non-hydrogen) atoms. The van der Waals surface area contributed by atoms with Crippen LogP contribution in [0.4, 0.5) is 0 Å². The molecule has 0 aliphatic rings. The minimum Gasteiger partial charge on any atom is -0.454 e. The van der Waals surface area contributed by atoms with Gasteiger partial charge in [-0.05, 0) is 35.4 Å². The highest BCUT2D eigenvalue weighted by molar-refractivity contribution is 5.90. The van der Waals surface area contributed by atoms with E-state index in [0.29, 0.717) is 11.1 Å². The van der Waals surface area contributed by atoms with Crippen molar-refractivity contribution in [2.75, 3.05) is 13.2 Å². The summed E-state index contributed by atoms with van der Waals surface area (Å²) in [6, 6.07) is 36.8. The van der Waals surface area contributed by atoms with Gasteiger partial charge in [0, 0.05) is 6.42 Å². The molecule has 0 aliphatic carbocycles. The lowest BCUT2D eigenvalue weighted by molar-refractivity contribution is -0.00181. The minimum atomic E-state index is -0.604. The second kappa shape index (κ2) is 15.0. The molecule has 0 bridgehead atoms. The number of hydrogen-bond donors (Lipinski definition) is 2. The van der Waals surface area contributed by atoms with Gasteiger partial charge in [0.1, 0.15) is 12.2 Å². The number of aliphatic hydroxyl groups is 2. The smallest absolute Gasteiger partial charge is 0.338 e. The van der Waals surface area contributed by atoms with Crippen LogP contribution in [0.2, 0.25) is 0 Å². The molecule has 6 nitrogen and oxygen atoms in total. The maximum absolute atomic E-state index is 12.9. The molecule has 4 aromatic rings.